The van der Waals surface area contributed by atoms with Gasteiger partial charge in [0.2, 0.25) is 0 Å². The third-order valence-corrected chi connectivity index (χ3v) is 4.15. The Labute approximate surface area is 97.0 Å². The van der Waals surface area contributed by atoms with Crippen LogP contribution in [0.5, 0.6) is 5.75 Å². The van der Waals surface area contributed by atoms with E-state index in [0.29, 0.717) is 6.04 Å². The first-order valence-corrected chi connectivity index (χ1v) is 6.21. The zero-order chi connectivity index (χ0) is 11.1. The van der Waals surface area contributed by atoms with Gasteiger partial charge in [-0.1, -0.05) is 12.1 Å². The molecule has 1 N–H and O–H groups in total. The van der Waals surface area contributed by atoms with E-state index in [4.69, 9.17) is 4.74 Å². The zero-order valence-electron chi connectivity index (χ0n) is 10.0. The molecule has 1 heterocycles. The number of nitrogens with one attached hydrogen (secondary N) is 1. The van der Waals surface area contributed by atoms with E-state index in [2.05, 4.69) is 24.4 Å². The molecule has 0 unspecified atom stereocenters. The second kappa shape index (κ2) is 3.77. The molecule has 2 heteroatoms. The second-order valence-corrected chi connectivity index (χ2v) is 4.98. The summed E-state index contributed by atoms with van der Waals surface area (Å²) in [4.78, 5) is 0. The van der Waals surface area contributed by atoms with Crippen LogP contribution in [0, 0.1) is 6.92 Å². The lowest BCUT2D eigenvalue weighted by molar-refractivity contribution is 0.395. The van der Waals surface area contributed by atoms with Gasteiger partial charge in [0, 0.05) is 12.0 Å². The van der Waals surface area contributed by atoms with E-state index in [1.807, 2.05) is 0 Å². The number of rotatable bonds is 1. The molecule has 1 aromatic rings. The van der Waals surface area contributed by atoms with Crippen molar-refractivity contribution in [2.75, 3.05) is 13.7 Å². The maximum absolute atomic E-state index is 5.57. The van der Waals surface area contributed by atoms with Crippen LogP contribution in [-0.2, 0) is 6.42 Å². The van der Waals surface area contributed by atoms with Gasteiger partial charge < -0.3 is 10.1 Å². The van der Waals surface area contributed by atoms with Gasteiger partial charge in [-0.25, -0.2) is 0 Å². The molecule has 1 saturated heterocycles. The van der Waals surface area contributed by atoms with Gasteiger partial charge in [-0.2, -0.15) is 0 Å². The van der Waals surface area contributed by atoms with E-state index in [9.17, 15) is 0 Å². The van der Waals surface area contributed by atoms with E-state index in [-0.39, 0.29) is 0 Å². The first-order chi connectivity index (χ1) is 7.81. The predicted octanol–water partition coefficient (Wildman–Crippen LogP) is 2.40. The maximum atomic E-state index is 5.57. The van der Waals surface area contributed by atoms with E-state index < -0.39 is 0 Å². The number of aryl methyl sites for hydroxylation is 1. The monoisotopic (exact) mass is 217 g/mol. The molecule has 0 radical (unpaired) electrons. The van der Waals surface area contributed by atoms with Crippen molar-refractivity contribution in [3.05, 3.63) is 28.8 Å². The molecule has 86 valence electrons. The molecule has 16 heavy (non-hydrogen) atoms. The largest absolute Gasteiger partial charge is 0.496 e. The lowest BCUT2D eigenvalue weighted by Gasteiger charge is -2.29. The molecule has 1 aliphatic heterocycles. The van der Waals surface area contributed by atoms with Gasteiger partial charge in [-0.15, -0.1) is 0 Å². The van der Waals surface area contributed by atoms with Gasteiger partial charge in [-0.05, 0) is 49.4 Å². The highest BCUT2D eigenvalue weighted by atomic mass is 16.5. The summed E-state index contributed by atoms with van der Waals surface area (Å²) in [5.41, 5.74) is 4.27. The Bertz CT molecular complexity index is 413. The minimum absolute atomic E-state index is 0.708. The molecule has 1 aliphatic carbocycles. The van der Waals surface area contributed by atoms with Crippen molar-refractivity contribution in [1.82, 2.24) is 5.32 Å². The summed E-state index contributed by atoms with van der Waals surface area (Å²) in [5.74, 6) is 1.85. The summed E-state index contributed by atoms with van der Waals surface area (Å²) < 4.78 is 5.57. The van der Waals surface area contributed by atoms with Crippen LogP contribution in [0.25, 0.3) is 0 Å². The number of hydrogen-bond acceptors (Lipinski definition) is 2. The van der Waals surface area contributed by atoms with Crippen LogP contribution >= 0.6 is 0 Å². The summed E-state index contributed by atoms with van der Waals surface area (Å²) in [6.07, 6.45) is 3.70. The summed E-state index contributed by atoms with van der Waals surface area (Å²) in [5, 5.41) is 3.61. The fraction of sp³-hybridized carbons (Fsp3) is 0.571. The minimum atomic E-state index is 0.708. The Balaban J connectivity index is 2.10. The van der Waals surface area contributed by atoms with Crippen LogP contribution in [0.4, 0.5) is 0 Å². The van der Waals surface area contributed by atoms with Crippen LogP contribution in [0.3, 0.4) is 0 Å². The van der Waals surface area contributed by atoms with Crippen molar-refractivity contribution >= 4 is 0 Å². The second-order valence-electron chi connectivity index (χ2n) is 4.98. The van der Waals surface area contributed by atoms with Gasteiger partial charge in [0.25, 0.3) is 0 Å². The normalized spacial score (nSPS) is 27.4. The van der Waals surface area contributed by atoms with Crippen molar-refractivity contribution in [1.29, 1.82) is 0 Å². The SMILES string of the molecule is COc1c(C)ccc2c1CC[C@H]1NCC[C@H]21. The smallest absolute Gasteiger partial charge is 0.125 e. The Morgan fingerprint density at radius 1 is 1.31 bits per heavy atom. The van der Waals surface area contributed by atoms with Crippen LogP contribution in [-0.4, -0.2) is 19.7 Å². The molecule has 1 fully saturated rings. The number of methoxy groups -OCH3 is 1. The van der Waals surface area contributed by atoms with Crippen molar-refractivity contribution in [3.63, 3.8) is 0 Å². The summed E-state index contributed by atoms with van der Waals surface area (Å²) in [6, 6.07) is 5.23. The Morgan fingerprint density at radius 2 is 2.19 bits per heavy atom. The lowest BCUT2D eigenvalue weighted by atomic mass is 9.79. The van der Waals surface area contributed by atoms with Crippen LogP contribution in [0.2, 0.25) is 0 Å². The topological polar surface area (TPSA) is 21.3 Å². The molecule has 0 amide bonds. The molecule has 0 bridgehead atoms. The highest BCUT2D eigenvalue weighted by Gasteiger charge is 2.34. The zero-order valence-corrected chi connectivity index (χ0v) is 10.0. The van der Waals surface area contributed by atoms with Crippen molar-refractivity contribution in [2.24, 2.45) is 0 Å². The Morgan fingerprint density at radius 3 is 3.00 bits per heavy atom. The van der Waals surface area contributed by atoms with E-state index in [0.717, 1.165) is 18.1 Å². The fourth-order valence-corrected chi connectivity index (χ4v) is 3.39. The molecule has 2 aliphatic rings. The summed E-state index contributed by atoms with van der Waals surface area (Å²) in [7, 11) is 1.79. The van der Waals surface area contributed by atoms with Gasteiger partial charge in [0.05, 0.1) is 7.11 Å². The molecule has 2 nitrogen and oxygen atoms in total. The van der Waals surface area contributed by atoms with Gasteiger partial charge in [-0.3, -0.25) is 0 Å². The van der Waals surface area contributed by atoms with Crippen LogP contribution in [0.15, 0.2) is 12.1 Å². The van der Waals surface area contributed by atoms with E-state index in [1.165, 1.54) is 36.1 Å². The third kappa shape index (κ3) is 1.36. The quantitative estimate of drug-likeness (QED) is 0.780. The van der Waals surface area contributed by atoms with Crippen molar-refractivity contribution < 1.29 is 4.74 Å². The number of hydrogen-bond donors (Lipinski definition) is 1. The van der Waals surface area contributed by atoms with Gasteiger partial charge >= 0.3 is 0 Å². The molecule has 0 saturated carbocycles. The number of ether oxygens (including phenoxy) is 1. The first-order valence-electron chi connectivity index (χ1n) is 6.21. The predicted molar refractivity (Wildman–Crippen MR) is 65.2 cm³/mol. The average molecular weight is 217 g/mol. The van der Waals surface area contributed by atoms with Gasteiger partial charge in [0.1, 0.15) is 5.75 Å². The Kier molecular flexibility index (Phi) is 2.40. The third-order valence-electron chi connectivity index (χ3n) is 4.15. The van der Waals surface area contributed by atoms with Crippen LogP contribution < -0.4 is 10.1 Å². The van der Waals surface area contributed by atoms with E-state index >= 15 is 0 Å². The van der Waals surface area contributed by atoms with E-state index in [1.54, 1.807) is 7.11 Å². The fourth-order valence-electron chi connectivity index (χ4n) is 3.39. The molecule has 0 aromatic heterocycles. The highest BCUT2D eigenvalue weighted by molar-refractivity contribution is 5.49. The first kappa shape index (κ1) is 10.2. The maximum Gasteiger partial charge on any atom is 0.125 e. The Hall–Kier alpha value is -1.02. The molecule has 2 atom stereocenters. The number of fused-ring (bicyclic) bond motifs is 3. The van der Waals surface area contributed by atoms with Crippen molar-refractivity contribution in [3.8, 4) is 5.75 Å². The molecule has 1 aromatic carbocycles. The molecule has 3 rings (SSSR count). The van der Waals surface area contributed by atoms with Crippen molar-refractivity contribution in [2.45, 2.75) is 38.1 Å². The summed E-state index contributed by atoms with van der Waals surface area (Å²) >= 11 is 0. The summed E-state index contributed by atoms with van der Waals surface area (Å²) in [6.45, 7) is 3.31. The molecular formula is C14H19NO. The average Bonchev–Trinajstić information content (AvgIpc) is 2.76. The minimum Gasteiger partial charge on any atom is -0.496 e. The molecular weight excluding hydrogens is 198 g/mol. The number of benzene rings is 1. The molecule has 0 spiro atoms. The van der Waals surface area contributed by atoms with Crippen LogP contribution in [0.1, 0.15) is 35.4 Å². The lowest BCUT2D eigenvalue weighted by Crippen LogP contribution is -2.30. The highest BCUT2D eigenvalue weighted by Crippen LogP contribution is 2.41. The standard InChI is InChI=1S/C14H19NO/c1-9-3-4-10-11-7-8-15-13(11)6-5-12(10)14(9)16-2/h3-4,11,13,15H,5-8H2,1-2H3/t11-,13-/m1/s1. The van der Waals surface area contributed by atoms with Gasteiger partial charge in [0.15, 0.2) is 0 Å².